The van der Waals surface area contributed by atoms with E-state index in [1.807, 2.05) is 5.32 Å². The average molecular weight is 472 g/mol. The van der Waals surface area contributed by atoms with Gasteiger partial charge in [-0.3, -0.25) is 4.79 Å². The summed E-state index contributed by atoms with van der Waals surface area (Å²) in [5, 5.41) is 2.16. The van der Waals surface area contributed by atoms with Crippen LogP contribution in [0.2, 0.25) is 5.02 Å². The highest BCUT2D eigenvalue weighted by Crippen LogP contribution is 2.48. The fourth-order valence-electron chi connectivity index (χ4n) is 2.84. The van der Waals surface area contributed by atoms with Crippen LogP contribution in [0.5, 0.6) is 0 Å². The highest BCUT2D eigenvalue weighted by Gasteiger charge is 2.61. The first-order valence-corrected chi connectivity index (χ1v) is 10.1. The number of alkyl halides is 6. The van der Waals surface area contributed by atoms with E-state index in [9.17, 15) is 39.6 Å². The first-order valence-electron chi connectivity index (χ1n) is 8.28. The van der Waals surface area contributed by atoms with Crippen molar-refractivity contribution in [2.24, 2.45) is 0 Å². The van der Waals surface area contributed by atoms with Gasteiger partial charge in [-0.15, -0.1) is 0 Å². The molecule has 0 spiro atoms. The Kier molecular flexibility index (Phi) is 5.35. The molecule has 2 aromatic carbocycles. The van der Waals surface area contributed by atoms with Crippen LogP contribution in [-0.4, -0.2) is 19.1 Å². The van der Waals surface area contributed by atoms with Gasteiger partial charge in [-0.25, -0.2) is 8.42 Å². The zero-order valence-electron chi connectivity index (χ0n) is 14.7. The maximum Gasteiger partial charge on any atom is 0.416 e. The molecule has 30 heavy (non-hydrogen) atoms. The molecular formula is C18H12ClF6NO3S. The SMILES string of the molecule is O=C(Nc1cc(C(F)(F)F)cc(C(F)(F)F)c1)C1(S(=O)(=O)c2ccc(Cl)cc2)CC1. The summed E-state index contributed by atoms with van der Waals surface area (Å²) in [6.45, 7) is 0. The number of carbonyl (C=O) groups excluding carboxylic acids is 1. The Bertz CT molecular complexity index is 1060. The lowest BCUT2D eigenvalue weighted by atomic mass is 10.1. The summed E-state index contributed by atoms with van der Waals surface area (Å²) in [6.07, 6.45) is -10.5. The zero-order chi connectivity index (χ0) is 22.5. The number of hydrogen-bond acceptors (Lipinski definition) is 3. The fraction of sp³-hybridized carbons (Fsp3) is 0.278. The lowest BCUT2D eigenvalue weighted by molar-refractivity contribution is -0.143. The molecule has 0 bridgehead atoms. The Balaban J connectivity index is 1.96. The molecule has 0 aliphatic heterocycles. The number of amides is 1. The first-order chi connectivity index (χ1) is 13.7. The molecule has 0 heterocycles. The van der Waals surface area contributed by atoms with E-state index in [0.29, 0.717) is 12.1 Å². The molecule has 4 nitrogen and oxygen atoms in total. The number of carbonyl (C=O) groups is 1. The Morgan fingerprint density at radius 2 is 1.37 bits per heavy atom. The van der Waals surface area contributed by atoms with Crippen molar-refractivity contribution >= 4 is 33.0 Å². The second-order valence-electron chi connectivity index (χ2n) is 6.70. The number of nitrogens with one attached hydrogen (secondary N) is 1. The molecular weight excluding hydrogens is 460 g/mol. The van der Waals surface area contributed by atoms with Gasteiger partial charge in [0.1, 0.15) is 0 Å². The van der Waals surface area contributed by atoms with Crippen LogP contribution in [0.4, 0.5) is 32.0 Å². The van der Waals surface area contributed by atoms with Crippen LogP contribution in [-0.2, 0) is 27.0 Å². The van der Waals surface area contributed by atoms with Crippen LogP contribution >= 0.6 is 11.6 Å². The number of halogens is 7. The van der Waals surface area contributed by atoms with Crippen molar-refractivity contribution < 1.29 is 39.6 Å². The highest BCUT2D eigenvalue weighted by molar-refractivity contribution is 7.94. The van der Waals surface area contributed by atoms with Gasteiger partial charge < -0.3 is 5.32 Å². The van der Waals surface area contributed by atoms with E-state index in [4.69, 9.17) is 11.6 Å². The Hall–Kier alpha value is -2.27. The van der Waals surface area contributed by atoms with Crippen molar-refractivity contribution in [1.82, 2.24) is 0 Å². The lowest BCUT2D eigenvalue weighted by Gasteiger charge is -2.18. The van der Waals surface area contributed by atoms with Crippen molar-refractivity contribution in [3.63, 3.8) is 0 Å². The van der Waals surface area contributed by atoms with Gasteiger partial charge in [0.2, 0.25) is 5.91 Å². The summed E-state index contributed by atoms with van der Waals surface area (Å²) in [5.41, 5.74) is -4.06. The average Bonchev–Trinajstić information content (AvgIpc) is 3.43. The van der Waals surface area contributed by atoms with E-state index in [0.717, 1.165) is 12.1 Å². The zero-order valence-corrected chi connectivity index (χ0v) is 16.3. The molecule has 1 aliphatic carbocycles. The van der Waals surface area contributed by atoms with Gasteiger partial charge in [-0.1, -0.05) is 11.6 Å². The minimum Gasteiger partial charge on any atom is -0.325 e. The van der Waals surface area contributed by atoms with Crippen molar-refractivity contribution in [3.8, 4) is 0 Å². The maximum absolute atomic E-state index is 13.0. The number of rotatable bonds is 4. The number of sulfone groups is 1. The monoisotopic (exact) mass is 471 g/mol. The number of hydrogen-bond donors (Lipinski definition) is 1. The maximum atomic E-state index is 13.0. The molecule has 0 unspecified atom stereocenters. The van der Waals surface area contributed by atoms with Crippen molar-refractivity contribution in [2.75, 3.05) is 5.32 Å². The highest BCUT2D eigenvalue weighted by atomic mass is 35.5. The van der Waals surface area contributed by atoms with Gasteiger partial charge in [0.05, 0.1) is 16.0 Å². The van der Waals surface area contributed by atoms with Gasteiger partial charge >= 0.3 is 12.4 Å². The Labute approximate surface area is 171 Å². The normalized spacial score (nSPS) is 16.2. The summed E-state index contributed by atoms with van der Waals surface area (Å²) in [5.74, 6) is -1.20. The van der Waals surface area contributed by atoms with Crippen LogP contribution < -0.4 is 5.32 Å². The molecule has 0 aromatic heterocycles. The van der Waals surface area contributed by atoms with Crippen LogP contribution in [0.1, 0.15) is 24.0 Å². The third-order valence-electron chi connectivity index (χ3n) is 4.60. The Morgan fingerprint density at radius 3 is 1.77 bits per heavy atom. The lowest BCUT2D eigenvalue weighted by Crippen LogP contribution is -2.37. The summed E-state index contributed by atoms with van der Waals surface area (Å²) in [7, 11) is -4.26. The van der Waals surface area contributed by atoms with Gasteiger partial charge in [-0.05, 0) is 55.3 Å². The molecule has 2 aromatic rings. The van der Waals surface area contributed by atoms with Gasteiger partial charge in [0.15, 0.2) is 14.6 Å². The number of anilines is 1. The minimum absolute atomic E-state index is 0.0903. The molecule has 12 heteroatoms. The summed E-state index contributed by atoms with van der Waals surface area (Å²) in [4.78, 5) is 12.4. The molecule has 1 N–H and O–H groups in total. The second-order valence-corrected chi connectivity index (χ2v) is 9.40. The van der Waals surface area contributed by atoms with E-state index >= 15 is 0 Å². The molecule has 1 aliphatic rings. The molecule has 1 fully saturated rings. The molecule has 0 atom stereocenters. The van der Waals surface area contributed by atoms with Crippen LogP contribution in [0.25, 0.3) is 0 Å². The topological polar surface area (TPSA) is 63.2 Å². The van der Waals surface area contributed by atoms with E-state index < -0.39 is 49.7 Å². The third-order valence-corrected chi connectivity index (χ3v) is 7.37. The molecule has 3 rings (SSSR count). The number of benzene rings is 2. The summed E-state index contributed by atoms with van der Waals surface area (Å²) >= 11 is 5.71. The molecule has 1 saturated carbocycles. The predicted molar refractivity (Wildman–Crippen MR) is 95.7 cm³/mol. The fourth-order valence-corrected chi connectivity index (χ4v) is 4.85. The van der Waals surface area contributed by atoms with E-state index in [1.54, 1.807) is 0 Å². The summed E-state index contributed by atoms with van der Waals surface area (Å²) < 4.78 is 102. The molecule has 0 radical (unpaired) electrons. The quantitative estimate of drug-likeness (QED) is 0.614. The molecule has 162 valence electrons. The van der Waals surface area contributed by atoms with Crippen molar-refractivity contribution in [2.45, 2.75) is 34.8 Å². The van der Waals surface area contributed by atoms with Crippen LogP contribution in [0, 0.1) is 0 Å². The van der Waals surface area contributed by atoms with Crippen LogP contribution in [0.15, 0.2) is 47.4 Å². The largest absolute Gasteiger partial charge is 0.416 e. The Morgan fingerprint density at radius 1 is 0.900 bits per heavy atom. The molecule has 0 saturated heterocycles. The smallest absolute Gasteiger partial charge is 0.325 e. The second kappa shape index (κ2) is 7.16. The van der Waals surface area contributed by atoms with Crippen LogP contribution in [0.3, 0.4) is 0 Å². The van der Waals surface area contributed by atoms with Gasteiger partial charge in [0, 0.05) is 10.7 Å². The predicted octanol–water partition coefficient (Wildman–Crippen LogP) is 5.32. The van der Waals surface area contributed by atoms with Gasteiger partial charge in [-0.2, -0.15) is 26.3 Å². The van der Waals surface area contributed by atoms with E-state index in [-0.39, 0.29) is 28.8 Å². The van der Waals surface area contributed by atoms with E-state index in [1.165, 1.54) is 12.1 Å². The minimum atomic E-state index is -5.10. The summed E-state index contributed by atoms with van der Waals surface area (Å²) in [6, 6.07) is 5.44. The van der Waals surface area contributed by atoms with Gasteiger partial charge in [0.25, 0.3) is 0 Å². The first kappa shape index (κ1) is 22.4. The van der Waals surface area contributed by atoms with E-state index in [2.05, 4.69) is 0 Å². The third kappa shape index (κ3) is 4.13. The van der Waals surface area contributed by atoms with Crippen molar-refractivity contribution in [1.29, 1.82) is 0 Å². The standard InChI is InChI=1S/C18H12ClF6NO3S/c19-12-1-3-14(4-2-12)30(28,29)16(5-6-16)15(27)26-13-8-10(17(20,21)22)7-11(9-13)18(23,24)25/h1-4,7-9H,5-6H2,(H,26,27). The molecule has 1 amide bonds. The van der Waals surface area contributed by atoms with Crippen molar-refractivity contribution in [3.05, 3.63) is 58.6 Å².